The summed E-state index contributed by atoms with van der Waals surface area (Å²) in [5, 5.41) is 8.63. The topological polar surface area (TPSA) is 110 Å². The summed E-state index contributed by atoms with van der Waals surface area (Å²) in [6.45, 7) is 2.78. The number of rotatable bonds is 5. The normalized spacial score (nSPS) is 18.0. The molecule has 1 aliphatic heterocycles. The van der Waals surface area contributed by atoms with Crippen LogP contribution in [0.1, 0.15) is 41.7 Å². The van der Waals surface area contributed by atoms with Crippen LogP contribution < -0.4 is 10.5 Å². The van der Waals surface area contributed by atoms with E-state index in [0.29, 0.717) is 30.1 Å². The van der Waals surface area contributed by atoms with Crippen molar-refractivity contribution in [2.24, 2.45) is 11.1 Å². The molecule has 0 saturated carbocycles. The molecule has 0 radical (unpaired) electrons. The van der Waals surface area contributed by atoms with Gasteiger partial charge in [0.2, 0.25) is 15.9 Å². The Morgan fingerprint density at radius 1 is 1.13 bits per heavy atom. The van der Waals surface area contributed by atoms with Gasteiger partial charge in [0.25, 0.3) is 5.91 Å². The number of primary sulfonamides is 1. The zero-order valence-electron chi connectivity index (χ0n) is 16.5. The number of hydrogen-bond donors (Lipinski definition) is 2. The lowest BCUT2D eigenvalue weighted by Crippen LogP contribution is -2.45. The van der Waals surface area contributed by atoms with Crippen LogP contribution in [0.4, 0.5) is 0 Å². The number of amides is 2. The van der Waals surface area contributed by atoms with Gasteiger partial charge >= 0.3 is 0 Å². The van der Waals surface area contributed by atoms with E-state index in [9.17, 15) is 18.0 Å². The van der Waals surface area contributed by atoms with Crippen LogP contribution in [0.25, 0.3) is 0 Å². The third kappa shape index (κ3) is 5.38. The Kier molecular flexibility index (Phi) is 6.80. The number of carbonyl (C=O) groups is 2. The van der Waals surface area contributed by atoms with Crippen LogP contribution in [0.15, 0.2) is 53.4 Å². The molecule has 1 saturated heterocycles. The summed E-state index contributed by atoms with van der Waals surface area (Å²) < 4.78 is 22.7. The van der Waals surface area contributed by atoms with Crippen LogP contribution in [-0.2, 0) is 14.8 Å². The summed E-state index contributed by atoms with van der Waals surface area (Å²) in [7, 11) is -3.76. The number of likely N-dealkylation sites (tertiary alicyclic amines) is 1. The van der Waals surface area contributed by atoms with Crippen molar-refractivity contribution < 1.29 is 18.0 Å². The second-order valence-corrected chi connectivity index (χ2v) is 9.44. The van der Waals surface area contributed by atoms with Crippen molar-refractivity contribution >= 4 is 33.4 Å². The zero-order valence-corrected chi connectivity index (χ0v) is 18.1. The maximum Gasteiger partial charge on any atom is 0.253 e. The molecule has 9 heteroatoms. The molecule has 0 spiro atoms. The first-order valence-electron chi connectivity index (χ1n) is 9.63. The average molecular weight is 450 g/mol. The highest BCUT2D eigenvalue weighted by molar-refractivity contribution is 7.89. The van der Waals surface area contributed by atoms with Crippen molar-refractivity contribution in [1.82, 2.24) is 10.2 Å². The van der Waals surface area contributed by atoms with Gasteiger partial charge in [-0.05, 0) is 61.7 Å². The highest BCUT2D eigenvalue weighted by atomic mass is 35.5. The van der Waals surface area contributed by atoms with Gasteiger partial charge in [-0.3, -0.25) is 9.59 Å². The predicted octanol–water partition coefficient (Wildman–Crippen LogP) is 2.72. The lowest BCUT2D eigenvalue weighted by molar-refractivity contribution is -0.127. The highest BCUT2D eigenvalue weighted by Crippen LogP contribution is 2.22. The number of nitrogens with two attached hydrogens (primary N) is 1. The lowest BCUT2D eigenvalue weighted by atomic mass is 9.95. The second-order valence-electron chi connectivity index (χ2n) is 7.44. The Morgan fingerprint density at radius 3 is 2.37 bits per heavy atom. The molecule has 7 nitrogen and oxygen atoms in total. The molecular weight excluding hydrogens is 426 g/mol. The Balaban J connectivity index is 1.62. The van der Waals surface area contributed by atoms with Gasteiger partial charge in [-0.2, -0.15) is 0 Å². The maximum atomic E-state index is 12.8. The molecular formula is C21H24ClN3O4S. The van der Waals surface area contributed by atoms with Crippen molar-refractivity contribution in [3.63, 3.8) is 0 Å². The summed E-state index contributed by atoms with van der Waals surface area (Å²) >= 11 is 5.88. The molecule has 0 bridgehead atoms. The number of nitrogens with zero attached hydrogens (tertiary/aromatic N) is 1. The molecule has 2 unspecified atom stereocenters. The van der Waals surface area contributed by atoms with E-state index in [1.54, 1.807) is 41.3 Å². The van der Waals surface area contributed by atoms with E-state index in [-0.39, 0.29) is 28.7 Å². The molecule has 160 valence electrons. The number of halogens is 1. The van der Waals surface area contributed by atoms with E-state index >= 15 is 0 Å². The van der Waals surface area contributed by atoms with Gasteiger partial charge in [-0.1, -0.05) is 23.7 Å². The molecule has 1 aliphatic rings. The number of carbonyl (C=O) groups excluding carboxylic acids is 2. The number of benzene rings is 2. The van der Waals surface area contributed by atoms with Gasteiger partial charge in [-0.15, -0.1) is 0 Å². The molecule has 30 heavy (non-hydrogen) atoms. The molecule has 3 N–H and O–H groups in total. The van der Waals surface area contributed by atoms with Crippen LogP contribution in [0, 0.1) is 5.92 Å². The fourth-order valence-electron chi connectivity index (χ4n) is 3.51. The SMILES string of the molecule is CC(NC(=O)C1CCCN(C(=O)c2ccc(Cl)cc2)C1)c1ccc(S(N)(=O)=O)cc1. The van der Waals surface area contributed by atoms with Crippen molar-refractivity contribution in [2.75, 3.05) is 13.1 Å². The van der Waals surface area contributed by atoms with Gasteiger partial charge in [-0.25, -0.2) is 13.6 Å². The van der Waals surface area contributed by atoms with Crippen LogP contribution in [0.2, 0.25) is 5.02 Å². The third-order valence-corrected chi connectivity index (χ3v) is 6.42. The summed E-state index contributed by atoms with van der Waals surface area (Å²) in [5.41, 5.74) is 1.31. The lowest BCUT2D eigenvalue weighted by Gasteiger charge is -2.32. The summed E-state index contributed by atoms with van der Waals surface area (Å²) in [6, 6.07) is 12.5. The third-order valence-electron chi connectivity index (χ3n) is 5.24. The minimum absolute atomic E-state index is 0.0217. The molecule has 3 rings (SSSR count). The molecule has 2 aromatic rings. The van der Waals surface area contributed by atoms with Crippen molar-refractivity contribution in [3.05, 3.63) is 64.7 Å². The quantitative estimate of drug-likeness (QED) is 0.731. The van der Waals surface area contributed by atoms with Gasteiger partial charge in [0.05, 0.1) is 16.9 Å². The highest BCUT2D eigenvalue weighted by Gasteiger charge is 2.29. The fraction of sp³-hybridized carbons (Fsp3) is 0.333. The molecule has 0 aromatic heterocycles. The maximum absolute atomic E-state index is 12.8. The standard InChI is InChI=1S/C21H24ClN3O4S/c1-14(15-6-10-19(11-7-15)30(23,28)29)24-20(26)17-3-2-12-25(13-17)21(27)16-4-8-18(22)9-5-16/h4-11,14,17H,2-3,12-13H2,1H3,(H,24,26)(H2,23,28,29). The smallest absolute Gasteiger partial charge is 0.253 e. The van der Waals surface area contributed by atoms with Crippen molar-refractivity contribution in [3.8, 4) is 0 Å². The summed E-state index contributed by atoms with van der Waals surface area (Å²) in [5.74, 6) is -0.552. The van der Waals surface area contributed by atoms with Crippen molar-refractivity contribution in [2.45, 2.75) is 30.7 Å². The Labute approximate surface area is 181 Å². The molecule has 2 amide bonds. The first-order chi connectivity index (χ1) is 14.1. The van der Waals surface area contributed by atoms with Crippen molar-refractivity contribution in [1.29, 1.82) is 0 Å². The largest absolute Gasteiger partial charge is 0.349 e. The number of sulfonamides is 1. The zero-order chi connectivity index (χ0) is 21.9. The first-order valence-corrected chi connectivity index (χ1v) is 11.6. The molecule has 0 aliphatic carbocycles. The minimum Gasteiger partial charge on any atom is -0.349 e. The van der Waals surface area contributed by atoms with Gasteiger partial charge in [0.1, 0.15) is 0 Å². The molecule has 2 aromatic carbocycles. The second kappa shape index (κ2) is 9.16. The molecule has 1 fully saturated rings. The fourth-order valence-corrected chi connectivity index (χ4v) is 4.15. The van der Waals surface area contributed by atoms with Crippen LogP contribution in [0.3, 0.4) is 0 Å². The van der Waals surface area contributed by atoms with E-state index in [0.717, 1.165) is 12.0 Å². The Morgan fingerprint density at radius 2 is 1.77 bits per heavy atom. The van der Waals surface area contributed by atoms with E-state index in [1.807, 2.05) is 6.92 Å². The van der Waals surface area contributed by atoms with Crippen LogP contribution in [-0.4, -0.2) is 38.2 Å². The first kappa shape index (κ1) is 22.3. The van der Waals surface area contributed by atoms with E-state index in [1.165, 1.54) is 12.1 Å². The number of nitrogens with one attached hydrogen (secondary N) is 1. The predicted molar refractivity (Wildman–Crippen MR) is 114 cm³/mol. The van der Waals surface area contributed by atoms with Crippen LogP contribution in [0.5, 0.6) is 0 Å². The number of piperidine rings is 1. The van der Waals surface area contributed by atoms with E-state index in [2.05, 4.69) is 5.32 Å². The van der Waals surface area contributed by atoms with E-state index < -0.39 is 10.0 Å². The monoisotopic (exact) mass is 449 g/mol. The molecule has 1 heterocycles. The number of hydrogen-bond acceptors (Lipinski definition) is 4. The summed E-state index contributed by atoms with van der Waals surface area (Å²) in [4.78, 5) is 27.2. The average Bonchev–Trinajstić information content (AvgIpc) is 2.73. The van der Waals surface area contributed by atoms with Gasteiger partial charge in [0.15, 0.2) is 0 Å². The van der Waals surface area contributed by atoms with E-state index in [4.69, 9.17) is 16.7 Å². The Hall–Kier alpha value is -2.42. The minimum atomic E-state index is -3.76. The summed E-state index contributed by atoms with van der Waals surface area (Å²) in [6.07, 6.45) is 1.45. The van der Waals surface area contributed by atoms with Gasteiger partial charge in [0, 0.05) is 23.7 Å². The Bertz CT molecular complexity index is 1020. The molecule has 2 atom stereocenters. The van der Waals surface area contributed by atoms with Crippen LogP contribution >= 0.6 is 11.6 Å². The van der Waals surface area contributed by atoms with Gasteiger partial charge < -0.3 is 10.2 Å².